The maximum atomic E-state index is 10.4. The largest absolute Gasteiger partial charge is 0.388 e. The molecular weight excluding hydrogens is 210 g/mol. The fourth-order valence-corrected chi connectivity index (χ4v) is 3.41. The van der Waals surface area contributed by atoms with Gasteiger partial charge in [-0.3, -0.25) is 0 Å². The first-order valence-electron chi connectivity index (χ1n) is 6.81. The van der Waals surface area contributed by atoms with Gasteiger partial charge in [-0.15, -0.1) is 0 Å². The van der Waals surface area contributed by atoms with E-state index in [4.69, 9.17) is 0 Å². The molecule has 0 radical (unpaired) electrons. The number of benzene rings is 1. The molecule has 2 atom stereocenters. The van der Waals surface area contributed by atoms with Gasteiger partial charge in [0.05, 0.1) is 6.10 Å². The summed E-state index contributed by atoms with van der Waals surface area (Å²) < 4.78 is 0. The minimum absolute atomic E-state index is 0.221. The molecule has 1 heterocycles. The summed E-state index contributed by atoms with van der Waals surface area (Å²) >= 11 is 0. The zero-order chi connectivity index (χ0) is 11.7. The molecule has 1 saturated heterocycles. The van der Waals surface area contributed by atoms with Crippen LogP contribution in [0.3, 0.4) is 0 Å². The van der Waals surface area contributed by atoms with Crippen molar-refractivity contribution >= 4 is 0 Å². The smallest absolute Gasteiger partial charge is 0.0824 e. The molecule has 0 saturated carbocycles. The highest BCUT2D eigenvalue weighted by Crippen LogP contribution is 2.40. The van der Waals surface area contributed by atoms with Crippen LogP contribution in [0.5, 0.6) is 0 Å². The second-order valence-corrected chi connectivity index (χ2v) is 5.54. The standard InChI is InChI=1S/C15H21NO/c17-15-13(9-11-5-7-16-8-6-11)10-12-3-1-2-4-14(12)15/h1-4,11,13,15-17H,5-10H2. The van der Waals surface area contributed by atoms with Crippen LogP contribution in [0.4, 0.5) is 0 Å². The average Bonchev–Trinajstić information content (AvgIpc) is 2.68. The molecule has 1 aliphatic heterocycles. The van der Waals surface area contributed by atoms with Crippen LogP contribution in [-0.4, -0.2) is 18.2 Å². The van der Waals surface area contributed by atoms with Gasteiger partial charge in [-0.25, -0.2) is 0 Å². The normalized spacial score (nSPS) is 29.2. The van der Waals surface area contributed by atoms with Crippen LogP contribution in [-0.2, 0) is 6.42 Å². The van der Waals surface area contributed by atoms with Gasteiger partial charge < -0.3 is 10.4 Å². The molecule has 2 unspecified atom stereocenters. The van der Waals surface area contributed by atoms with Gasteiger partial charge in [0.1, 0.15) is 0 Å². The van der Waals surface area contributed by atoms with Gasteiger partial charge in [-0.05, 0) is 61.7 Å². The lowest BCUT2D eigenvalue weighted by Crippen LogP contribution is -2.29. The highest BCUT2D eigenvalue weighted by atomic mass is 16.3. The topological polar surface area (TPSA) is 32.3 Å². The lowest BCUT2D eigenvalue weighted by atomic mass is 9.85. The molecule has 0 spiro atoms. The zero-order valence-electron chi connectivity index (χ0n) is 10.2. The van der Waals surface area contributed by atoms with Crippen molar-refractivity contribution in [2.75, 3.05) is 13.1 Å². The van der Waals surface area contributed by atoms with E-state index >= 15 is 0 Å². The van der Waals surface area contributed by atoms with E-state index in [0.717, 1.165) is 25.4 Å². The van der Waals surface area contributed by atoms with Crippen LogP contribution >= 0.6 is 0 Å². The summed E-state index contributed by atoms with van der Waals surface area (Å²) in [5, 5.41) is 13.8. The quantitative estimate of drug-likeness (QED) is 0.818. The van der Waals surface area contributed by atoms with E-state index in [-0.39, 0.29) is 6.10 Å². The number of fused-ring (bicyclic) bond motifs is 1. The van der Waals surface area contributed by atoms with Crippen LogP contribution in [0.25, 0.3) is 0 Å². The molecule has 3 rings (SSSR count). The van der Waals surface area contributed by atoms with Crippen molar-refractivity contribution in [2.45, 2.75) is 31.8 Å². The van der Waals surface area contributed by atoms with Gasteiger partial charge in [0, 0.05) is 0 Å². The first kappa shape index (κ1) is 11.2. The molecule has 1 aromatic carbocycles. The van der Waals surface area contributed by atoms with E-state index in [1.54, 1.807) is 0 Å². The minimum Gasteiger partial charge on any atom is -0.388 e. The summed E-state index contributed by atoms with van der Waals surface area (Å²) in [6.45, 7) is 2.31. The Balaban J connectivity index is 1.67. The van der Waals surface area contributed by atoms with E-state index < -0.39 is 0 Å². The van der Waals surface area contributed by atoms with E-state index in [1.165, 1.54) is 30.4 Å². The second kappa shape index (κ2) is 4.79. The Hall–Kier alpha value is -0.860. The Kier molecular flexibility index (Phi) is 3.17. The lowest BCUT2D eigenvalue weighted by molar-refractivity contribution is 0.102. The maximum Gasteiger partial charge on any atom is 0.0824 e. The van der Waals surface area contributed by atoms with Gasteiger partial charge in [0.2, 0.25) is 0 Å². The van der Waals surface area contributed by atoms with E-state index in [2.05, 4.69) is 23.5 Å². The monoisotopic (exact) mass is 231 g/mol. The summed E-state index contributed by atoms with van der Waals surface area (Å²) in [7, 11) is 0. The number of rotatable bonds is 2. The molecule has 0 bridgehead atoms. The Labute approximate surface area is 103 Å². The summed E-state index contributed by atoms with van der Waals surface area (Å²) in [5.41, 5.74) is 2.53. The van der Waals surface area contributed by atoms with Crippen LogP contribution < -0.4 is 5.32 Å². The number of aliphatic hydroxyl groups excluding tert-OH is 1. The Morgan fingerprint density at radius 1 is 1.18 bits per heavy atom. The van der Waals surface area contributed by atoms with Gasteiger partial charge in [-0.2, -0.15) is 0 Å². The molecule has 2 N–H and O–H groups in total. The number of hydrogen-bond acceptors (Lipinski definition) is 2. The van der Waals surface area contributed by atoms with Crippen molar-refractivity contribution in [3.8, 4) is 0 Å². The van der Waals surface area contributed by atoms with Gasteiger partial charge in [0.25, 0.3) is 0 Å². The minimum atomic E-state index is -0.221. The molecule has 2 heteroatoms. The molecule has 2 aliphatic rings. The van der Waals surface area contributed by atoms with E-state index in [1.807, 2.05) is 6.07 Å². The molecule has 0 amide bonds. The van der Waals surface area contributed by atoms with Crippen LogP contribution in [0.2, 0.25) is 0 Å². The average molecular weight is 231 g/mol. The zero-order valence-corrected chi connectivity index (χ0v) is 10.2. The fourth-order valence-electron chi connectivity index (χ4n) is 3.41. The predicted octanol–water partition coefficient (Wildman–Crippen LogP) is 2.28. The van der Waals surface area contributed by atoms with Crippen molar-refractivity contribution < 1.29 is 5.11 Å². The highest BCUT2D eigenvalue weighted by Gasteiger charge is 2.32. The molecule has 2 nitrogen and oxygen atoms in total. The molecule has 0 aromatic heterocycles. The number of piperidine rings is 1. The number of nitrogens with one attached hydrogen (secondary N) is 1. The van der Waals surface area contributed by atoms with Crippen LogP contribution in [0.1, 0.15) is 36.5 Å². The van der Waals surface area contributed by atoms with Gasteiger partial charge in [0.15, 0.2) is 0 Å². The summed E-state index contributed by atoms with van der Waals surface area (Å²) in [4.78, 5) is 0. The lowest BCUT2D eigenvalue weighted by Gasteiger charge is -2.26. The number of hydrogen-bond donors (Lipinski definition) is 2. The van der Waals surface area contributed by atoms with Crippen molar-refractivity contribution in [3.63, 3.8) is 0 Å². The second-order valence-electron chi connectivity index (χ2n) is 5.54. The van der Waals surface area contributed by atoms with E-state index in [9.17, 15) is 5.11 Å². The fraction of sp³-hybridized carbons (Fsp3) is 0.600. The molecule has 17 heavy (non-hydrogen) atoms. The molecule has 92 valence electrons. The van der Waals surface area contributed by atoms with Gasteiger partial charge >= 0.3 is 0 Å². The predicted molar refractivity (Wildman–Crippen MR) is 68.8 cm³/mol. The van der Waals surface area contributed by atoms with Crippen molar-refractivity contribution in [3.05, 3.63) is 35.4 Å². The van der Waals surface area contributed by atoms with Crippen molar-refractivity contribution in [1.82, 2.24) is 5.32 Å². The first-order chi connectivity index (χ1) is 8.34. The molecular formula is C15H21NO. The maximum absolute atomic E-state index is 10.4. The SMILES string of the molecule is OC1c2ccccc2CC1CC1CCNCC1. The summed E-state index contributed by atoms with van der Waals surface area (Å²) in [6, 6.07) is 8.37. The van der Waals surface area contributed by atoms with Gasteiger partial charge in [-0.1, -0.05) is 24.3 Å². The third-order valence-electron chi connectivity index (χ3n) is 4.40. The van der Waals surface area contributed by atoms with Crippen molar-refractivity contribution in [2.24, 2.45) is 11.8 Å². The summed E-state index contributed by atoms with van der Waals surface area (Å²) in [5.74, 6) is 1.26. The highest BCUT2D eigenvalue weighted by molar-refractivity contribution is 5.34. The molecule has 1 fully saturated rings. The van der Waals surface area contributed by atoms with Crippen molar-refractivity contribution in [1.29, 1.82) is 0 Å². The van der Waals surface area contributed by atoms with Crippen LogP contribution in [0.15, 0.2) is 24.3 Å². The number of aliphatic hydroxyl groups is 1. The van der Waals surface area contributed by atoms with Crippen LogP contribution in [0, 0.1) is 11.8 Å². The molecule has 1 aromatic rings. The Morgan fingerprint density at radius 2 is 1.94 bits per heavy atom. The third-order valence-corrected chi connectivity index (χ3v) is 4.40. The Bertz CT molecular complexity index is 384. The molecule has 1 aliphatic carbocycles. The van der Waals surface area contributed by atoms with E-state index in [0.29, 0.717) is 5.92 Å². The summed E-state index contributed by atoms with van der Waals surface area (Å²) in [6.07, 6.45) is 4.60. The first-order valence-corrected chi connectivity index (χ1v) is 6.81. The third kappa shape index (κ3) is 2.24. The Morgan fingerprint density at radius 3 is 2.71 bits per heavy atom.